The van der Waals surface area contributed by atoms with E-state index in [1.165, 1.54) is 31.0 Å². The van der Waals surface area contributed by atoms with Crippen LogP contribution in [-0.2, 0) is 27.8 Å². The lowest BCUT2D eigenvalue weighted by molar-refractivity contribution is 0.0523. The Labute approximate surface area is 287 Å². The molecule has 0 aliphatic rings. The molecule has 5 aromatic rings. The number of aryl methyl sites for hydroxylation is 1. The Morgan fingerprint density at radius 3 is 2.55 bits per heavy atom. The summed E-state index contributed by atoms with van der Waals surface area (Å²) in [5.41, 5.74) is 1.57. The number of benzene rings is 3. The molecule has 0 saturated heterocycles. The number of rotatable bonds is 11. The van der Waals surface area contributed by atoms with Gasteiger partial charge in [-0.05, 0) is 75.6 Å². The average Bonchev–Trinajstić information content (AvgIpc) is 3.69. The van der Waals surface area contributed by atoms with Gasteiger partial charge >= 0.3 is 11.8 Å². The topological polar surface area (TPSA) is 142 Å². The molecule has 260 valence electrons. The number of amides is 1. The first-order chi connectivity index (χ1) is 23.2. The number of thiazole rings is 1. The Bertz CT molecular complexity index is 2160. The molecule has 0 bridgehead atoms. The van der Waals surface area contributed by atoms with E-state index in [1.54, 1.807) is 57.3 Å². The molecule has 12 nitrogen and oxygen atoms in total. The number of nitrogens with zero attached hydrogens (tertiary/aromatic N) is 3. The number of alkyl carbamates (subject to hydrolysis) is 1. The predicted molar refractivity (Wildman–Crippen MR) is 184 cm³/mol. The summed E-state index contributed by atoms with van der Waals surface area (Å²) in [5, 5.41) is 4.45. The zero-order valence-electron chi connectivity index (χ0n) is 28.1. The van der Waals surface area contributed by atoms with Gasteiger partial charge in [-0.25, -0.2) is 31.7 Å². The highest BCUT2D eigenvalue weighted by molar-refractivity contribution is 7.93. The van der Waals surface area contributed by atoms with Crippen LogP contribution in [0.1, 0.15) is 56.0 Å². The SMILES string of the molecule is COc1ccc(CN(c2nccs2)S(=O)(=O)c2ccc3c(oc(=O)n3C(C)c3cccc(C)c3CNC(=O)OC(C)(C)C)c2F)c(OC)c1. The van der Waals surface area contributed by atoms with E-state index in [0.29, 0.717) is 22.6 Å². The fourth-order valence-corrected chi connectivity index (χ4v) is 7.77. The zero-order valence-corrected chi connectivity index (χ0v) is 29.7. The van der Waals surface area contributed by atoms with Crippen molar-refractivity contribution in [2.24, 2.45) is 0 Å². The molecule has 2 heterocycles. The number of ether oxygens (including phenoxy) is 3. The van der Waals surface area contributed by atoms with Gasteiger partial charge in [0.2, 0.25) is 0 Å². The molecule has 0 radical (unpaired) electrons. The number of hydrogen-bond donors (Lipinski definition) is 1. The maximum Gasteiger partial charge on any atom is 0.420 e. The van der Waals surface area contributed by atoms with Gasteiger partial charge in [0.15, 0.2) is 16.5 Å². The first-order valence-electron chi connectivity index (χ1n) is 15.2. The predicted octanol–water partition coefficient (Wildman–Crippen LogP) is 6.55. The molecule has 0 aliphatic carbocycles. The van der Waals surface area contributed by atoms with Gasteiger partial charge in [0.05, 0.1) is 32.3 Å². The van der Waals surface area contributed by atoms with Gasteiger partial charge in [0, 0.05) is 29.8 Å². The lowest BCUT2D eigenvalue weighted by Gasteiger charge is -2.23. The molecule has 15 heteroatoms. The lowest BCUT2D eigenvalue weighted by Crippen LogP contribution is -2.32. The highest BCUT2D eigenvalue weighted by atomic mass is 32.2. The molecule has 0 saturated carbocycles. The van der Waals surface area contributed by atoms with Crippen LogP contribution in [-0.4, -0.2) is 43.9 Å². The summed E-state index contributed by atoms with van der Waals surface area (Å²) in [6, 6.07) is 12.1. The van der Waals surface area contributed by atoms with Gasteiger partial charge in [-0.15, -0.1) is 11.3 Å². The van der Waals surface area contributed by atoms with Crippen molar-refractivity contribution in [3.8, 4) is 11.5 Å². The number of nitrogens with one attached hydrogen (secondary N) is 1. The van der Waals surface area contributed by atoms with E-state index >= 15 is 4.39 Å². The highest BCUT2D eigenvalue weighted by Gasteiger charge is 2.33. The summed E-state index contributed by atoms with van der Waals surface area (Å²) in [6.07, 6.45) is 0.838. The summed E-state index contributed by atoms with van der Waals surface area (Å²) in [4.78, 5) is 29.2. The van der Waals surface area contributed by atoms with Gasteiger partial charge in [-0.1, -0.05) is 18.2 Å². The number of oxazole rings is 1. The van der Waals surface area contributed by atoms with Crippen molar-refractivity contribution in [3.63, 3.8) is 0 Å². The van der Waals surface area contributed by atoms with Crippen LogP contribution >= 0.6 is 11.3 Å². The van der Waals surface area contributed by atoms with Crippen LogP contribution in [0.15, 0.2) is 74.2 Å². The van der Waals surface area contributed by atoms with Gasteiger partial charge in [-0.2, -0.15) is 0 Å². The highest BCUT2D eigenvalue weighted by Crippen LogP contribution is 2.35. The molecule has 5 rings (SSSR count). The van der Waals surface area contributed by atoms with Crippen molar-refractivity contribution in [2.75, 3.05) is 18.5 Å². The average molecular weight is 713 g/mol. The maximum atomic E-state index is 16.3. The van der Waals surface area contributed by atoms with E-state index in [-0.39, 0.29) is 23.7 Å². The molecule has 1 N–H and O–H groups in total. The first kappa shape index (κ1) is 35.4. The monoisotopic (exact) mass is 712 g/mol. The third-order valence-corrected chi connectivity index (χ3v) is 10.5. The van der Waals surface area contributed by atoms with Gasteiger partial charge in [-0.3, -0.25) is 4.57 Å². The standard InChI is InChI=1S/C34H37FN4O8S2/c1-20-9-8-10-24(25(20)18-37-32(40)47-34(3,4)5)21(2)39-26-13-14-28(29(35)30(26)46-33(39)41)49(42,43)38(31-36-15-16-48-31)19-22-11-12-23(44-6)17-27(22)45-7/h8-17,21H,18-19H2,1-7H3,(H,37,40). The summed E-state index contributed by atoms with van der Waals surface area (Å²) < 4.78 is 68.4. The van der Waals surface area contributed by atoms with Crippen molar-refractivity contribution in [2.45, 2.75) is 64.2 Å². The second-order valence-corrected chi connectivity index (χ2v) is 14.8. The Kier molecular flexibility index (Phi) is 10.1. The number of methoxy groups -OCH3 is 2. The van der Waals surface area contributed by atoms with E-state index in [4.69, 9.17) is 18.6 Å². The quantitative estimate of drug-likeness (QED) is 0.161. The zero-order chi connectivity index (χ0) is 35.7. The summed E-state index contributed by atoms with van der Waals surface area (Å²) >= 11 is 1.06. The summed E-state index contributed by atoms with van der Waals surface area (Å²) in [5.74, 6) is -1.24. The third kappa shape index (κ3) is 7.27. The fourth-order valence-electron chi connectivity index (χ4n) is 5.44. The molecule has 0 spiro atoms. The molecular weight excluding hydrogens is 676 g/mol. The van der Waals surface area contributed by atoms with Crippen molar-refractivity contribution in [1.29, 1.82) is 0 Å². The number of halogens is 1. The minimum absolute atomic E-state index is 0.0547. The van der Waals surface area contributed by atoms with Crippen molar-refractivity contribution in [1.82, 2.24) is 14.9 Å². The molecule has 0 fully saturated rings. The first-order valence-corrected chi connectivity index (χ1v) is 17.5. The smallest absolute Gasteiger partial charge is 0.420 e. The summed E-state index contributed by atoms with van der Waals surface area (Å²) in [6.45, 7) is 8.74. The number of hydrogen-bond acceptors (Lipinski definition) is 10. The molecule has 0 aliphatic heterocycles. The minimum Gasteiger partial charge on any atom is -0.497 e. The van der Waals surface area contributed by atoms with Crippen molar-refractivity contribution < 1.29 is 36.2 Å². The van der Waals surface area contributed by atoms with Crippen LogP contribution in [0.5, 0.6) is 11.5 Å². The number of carbonyl (C=O) groups excluding carboxylic acids is 1. The molecule has 1 unspecified atom stereocenters. The third-order valence-electron chi connectivity index (χ3n) is 7.79. The minimum atomic E-state index is -4.61. The van der Waals surface area contributed by atoms with Crippen LogP contribution in [0.3, 0.4) is 0 Å². The van der Waals surface area contributed by atoms with Crippen LogP contribution in [0.4, 0.5) is 14.3 Å². The Hall–Kier alpha value is -4.89. The molecule has 2 aromatic heterocycles. The Morgan fingerprint density at radius 1 is 1.14 bits per heavy atom. The van der Waals surface area contributed by atoms with Crippen LogP contribution in [0.25, 0.3) is 11.1 Å². The molecule has 1 atom stereocenters. The summed E-state index contributed by atoms with van der Waals surface area (Å²) in [7, 11) is -1.67. The molecular formula is C34H37FN4O8S2. The fraction of sp³-hybridized carbons (Fsp3) is 0.324. The van der Waals surface area contributed by atoms with Crippen molar-refractivity contribution in [3.05, 3.63) is 98.7 Å². The van der Waals surface area contributed by atoms with E-state index in [0.717, 1.165) is 32.8 Å². The normalized spacial score (nSPS) is 12.5. The lowest BCUT2D eigenvalue weighted by atomic mass is 9.96. The van der Waals surface area contributed by atoms with E-state index in [2.05, 4.69) is 10.3 Å². The van der Waals surface area contributed by atoms with Gasteiger partial charge < -0.3 is 23.9 Å². The van der Waals surface area contributed by atoms with E-state index in [1.807, 2.05) is 19.1 Å². The van der Waals surface area contributed by atoms with Crippen molar-refractivity contribution >= 4 is 43.7 Å². The maximum absolute atomic E-state index is 16.3. The Balaban J connectivity index is 1.54. The second kappa shape index (κ2) is 13.9. The van der Waals surface area contributed by atoms with E-state index < -0.39 is 49.8 Å². The second-order valence-electron chi connectivity index (χ2n) is 12.1. The number of aromatic nitrogens is 2. The number of fused-ring (bicyclic) bond motifs is 1. The molecule has 3 aromatic carbocycles. The Morgan fingerprint density at radius 2 is 1.90 bits per heavy atom. The van der Waals surface area contributed by atoms with Gasteiger partial charge in [0.1, 0.15) is 22.0 Å². The number of sulfonamides is 1. The van der Waals surface area contributed by atoms with Crippen LogP contribution in [0.2, 0.25) is 0 Å². The number of anilines is 1. The van der Waals surface area contributed by atoms with Crippen LogP contribution in [0, 0.1) is 12.7 Å². The molecule has 1 amide bonds. The van der Waals surface area contributed by atoms with Gasteiger partial charge in [0.25, 0.3) is 10.0 Å². The largest absolute Gasteiger partial charge is 0.497 e. The number of carbonyl (C=O) groups is 1. The molecule has 49 heavy (non-hydrogen) atoms. The van der Waals surface area contributed by atoms with Crippen LogP contribution < -0.4 is 24.9 Å². The van der Waals surface area contributed by atoms with E-state index in [9.17, 15) is 18.0 Å².